The van der Waals surface area contributed by atoms with E-state index in [0.29, 0.717) is 24.2 Å². The molecule has 160 valence electrons. The Balaban J connectivity index is 1.60. The molecule has 1 aromatic carbocycles. The van der Waals surface area contributed by atoms with Crippen molar-refractivity contribution in [3.63, 3.8) is 0 Å². The van der Waals surface area contributed by atoms with Gasteiger partial charge in [-0.2, -0.15) is 0 Å². The number of nitrogens with one attached hydrogen (secondary N) is 2. The third-order valence-corrected chi connectivity index (χ3v) is 5.80. The van der Waals surface area contributed by atoms with Gasteiger partial charge in [0.25, 0.3) is 0 Å². The minimum atomic E-state index is -1.01. The molecule has 0 spiro atoms. The molecular formula is C22H22BrN5O3. The summed E-state index contributed by atoms with van der Waals surface area (Å²) in [5, 5.41) is 15.6. The van der Waals surface area contributed by atoms with E-state index in [1.54, 1.807) is 12.4 Å². The molecule has 0 radical (unpaired) electrons. The van der Waals surface area contributed by atoms with Gasteiger partial charge in [0.15, 0.2) is 5.78 Å². The third kappa shape index (κ3) is 4.61. The van der Waals surface area contributed by atoms with Gasteiger partial charge in [-0.15, -0.1) is 0 Å². The van der Waals surface area contributed by atoms with Crippen molar-refractivity contribution in [2.45, 2.75) is 25.8 Å². The van der Waals surface area contributed by atoms with Crippen molar-refractivity contribution in [1.29, 1.82) is 0 Å². The van der Waals surface area contributed by atoms with Crippen molar-refractivity contribution < 1.29 is 14.7 Å². The fraction of sp³-hybridized carbons (Fsp3) is 0.273. The van der Waals surface area contributed by atoms with Gasteiger partial charge in [0.05, 0.1) is 34.7 Å². The van der Waals surface area contributed by atoms with E-state index in [9.17, 15) is 9.59 Å². The van der Waals surface area contributed by atoms with Crippen LogP contribution in [-0.4, -0.2) is 46.1 Å². The second-order valence-corrected chi connectivity index (χ2v) is 8.31. The van der Waals surface area contributed by atoms with Crippen molar-refractivity contribution in [1.82, 2.24) is 15.3 Å². The van der Waals surface area contributed by atoms with Crippen LogP contribution in [0.25, 0.3) is 10.9 Å². The average molecular weight is 484 g/mol. The summed E-state index contributed by atoms with van der Waals surface area (Å²) < 4.78 is 0.901. The number of Topliss-reactive ketones (excluding diaryl/α,β-unsaturated/α-hetero) is 1. The number of nitrogens with zero attached hydrogens (tertiary/aromatic N) is 3. The number of carbonyl (C=O) groups is 2. The maximum atomic E-state index is 12.5. The monoisotopic (exact) mass is 483 g/mol. The van der Waals surface area contributed by atoms with Crippen LogP contribution in [0.5, 0.6) is 0 Å². The Morgan fingerprint density at radius 1 is 1.23 bits per heavy atom. The molecule has 1 saturated heterocycles. The number of hydrogen-bond donors (Lipinski definition) is 3. The lowest BCUT2D eigenvalue weighted by Crippen LogP contribution is -2.36. The number of benzene rings is 1. The summed E-state index contributed by atoms with van der Waals surface area (Å²) >= 11 is 3.50. The van der Waals surface area contributed by atoms with Crippen LogP contribution in [0.4, 0.5) is 22.0 Å². The van der Waals surface area contributed by atoms with Crippen LogP contribution >= 0.6 is 15.9 Å². The van der Waals surface area contributed by atoms with Gasteiger partial charge in [-0.25, -0.2) is 9.78 Å². The lowest BCUT2D eigenvalue weighted by Gasteiger charge is -2.18. The van der Waals surface area contributed by atoms with E-state index in [-0.39, 0.29) is 11.8 Å². The lowest BCUT2D eigenvalue weighted by atomic mass is 10.0. The SMILES string of the molecule is CCC(=O)c1cnc2ccc(Br)cc2c1Nc1ccc(N2CCC(NC(=O)O)C2)nc1. The van der Waals surface area contributed by atoms with Gasteiger partial charge in [-0.1, -0.05) is 22.9 Å². The Morgan fingerprint density at radius 2 is 2.06 bits per heavy atom. The first kappa shape index (κ1) is 21.0. The van der Waals surface area contributed by atoms with E-state index in [4.69, 9.17) is 5.11 Å². The van der Waals surface area contributed by atoms with Gasteiger partial charge in [-0.3, -0.25) is 9.78 Å². The number of hydrogen-bond acceptors (Lipinski definition) is 6. The molecule has 0 aliphatic carbocycles. The summed E-state index contributed by atoms with van der Waals surface area (Å²) in [7, 11) is 0. The average Bonchev–Trinajstić information content (AvgIpc) is 3.21. The fourth-order valence-corrected chi connectivity index (χ4v) is 4.11. The molecular weight excluding hydrogens is 462 g/mol. The maximum Gasteiger partial charge on any atom is 0.404 e. The summed E-state index contributed by atoms with van der Waals surface area (Å²) in [5.74, 6) is 0.794. The first-order valence-electron chi connectivity index (χ1n) is 10.0. The molecule has 3 heterocycles. The minimum Gasteiger partial charge on any atom is -0.465 e. The molecule has 1 aliphatic heterocycles. The van der Waals surface area contributed by atoms with Crippen LogP contribution in [0.1, 0.15) is 30.1 Å². The first-order valence-corrected chi connectivity index (χ1v) is 10.8. The Bertz CT molecular complexity index is 1140. The molecule has 1 amide bonds. The van der Waals surface area contributed by atoms with Gasteiger partial charge in [-0.05, 0) is 36.8 Å². The molecule has 3 N–H and O–H groups in total. The fourth-order valence-electron chi connectivity index (χ4n) is 3.75. The molecule has 0 saturated carbocycles. The zero-order valence-electron chi connectivity index (χ0n) is 16.9. The quantitative estimate of drug-likeness (QED) is 0.440. The number of rotatable bonds is 6. The molecule has 31 heavy (non-hydrogen) atoms. The predicted octanol–water partition coefficient (Wildman–Crippen LogP) is 4.57. The smallest absolute Gasteiger partial charge is 0.404 e. The maximum absolute atomic E-state index is 12.5. The van der Waals surface area contributed by atoms with Gasteiger partial charge in [0.2, 0.25) is 0 Å². The summed E-state index contributed by atoms with van der Waals surface area (Å²) in [4.78, 5) is 34.4. The molecule has 4 rings (SSSR count). The second-order valence-electron chi connectivity index (χ2n) is 7.40. The highest BCUT2D eigenvalue weighted by Gasteiger charge is 2.24. The van der Waals surface area contributed by atoms with Crippen molar-refractivity contribution in [3.8, 4) is 0 Å². The Morgan fingerprint density at radius 3 is 2.77 bits per heavy atom. The number of carbonyl (C=O) groups excluding carboxylic acids is 1. The minimum absolute atomic E-state index is 0.00972. The standard InChI is InChI=1S/C22H22BrN5O3/c1-2-19(29)17-11-24-18-5-3-13(23)9-16(18)21(17)26-14-4-6-20(25-10-14)28-8-7-15(12-28)27-22(30)31/h3-6,9-11,15,27H,2,7-8,12H2,1H3,(H,24,26)(H,30,31). The third-order valence-electron chi connectivity index (χ3n) is 5.31. The molecule has 0 bridgehead atoms. The molecule has 1 fully saturated rings. The van der Waals surface area contributed by atoms with Gasteiger partial charge in [0.1, 0.15) is 5.82 Å². The first-order chi connectivity index (χ1) is 14.9. The summed E-state index contributed by atoms with van der Waals surface area (Å²) in [6, 6.07) is 9.47. The highest BCUT2D eigenvalue weighted by atomic mass is 79.9. The lowest BCUT2D eigenvalue weighted by molar-refractivity contribution is 0.0988. The molecule has 2 aromatic heterocycles. The molecule has 1 aliphatic rings. The van der Waals surface area contributed by atoms with Crippen LogP contribution in [0.3, 0.4) is 0 Å². The van der Waals surface area contributed by atoms with E-state index in [0.717, 1.165) is 39.8 Å². The number of carboxylic acid groups (broad SMARTS) is 1. The van der Waals surface area contributed by atoms with Crippen LogP contribution in [0, 0.1) is 0 Å². The molecule has 1 atom stereocenters. The van der Waals surface area contributed by atoms with Crippen LogP contribution in [0.15, 0.2) is 47.2 Å². The molecule has 1 unspecified atom stereocenters. The zero-order chi connectivity index (χ0) is 22.0. The number of halogens is 1. The largest absolute Gasteiger partial charge is 0.465 e. The van der Waals surface area contributed by atoms with E-state index in [1.165, 1.54) is 0 Å². The number of fused-ring (bicyclic) bond motifs is 1. The number of aromatic nitrogens is 2. The van der Waals surface area contributed by atoms with Gasteiger partial charge < -0.3 is 20.6 Å². The van der Waals surface area contributed by atoms with Crippen LogP contribution in [0.2, 0.25) is 0 Å². The number of anilines is 3. The topological polar surface area (TPSA) is 107 Å². The Kier molecular flexibility index (Phi) is 6.03. The number of pyridine rings is 2. The Hall–Kier alpha value is -3.20. The van der Waals surface area contributed by atoms with E-state index >= 15 is 0 Å². The summed E-state index contributed by atoms with van der Waals surface area (Å²) in [6.45, 7) is 3.16. The Labute approximate surface area is 187 Å². The second kappa shape index (κ2) is 8.89. The van der Waals surface area contributed by atoms with E-state index in [2.05, 4.69) is 41.4 Å². The van der Waals surface area contributed by atoms with Crippen molar-refractivity contribution in [3.05, 3.63) is 52.8 Å². The number of ketones is 1. The zero-order valence-corrected chi connectivity index (χ0v) is 18.5. The predicted molar refractivity (Wildman–Crippen MR) is 123 cm³/mol. The van der Waals surface area contributed by atoms with Crippen LogP contribution < -0.4 is 15.5 Å². The summed E-state index contributed by atoms with van der Waals surface area (Å²) in [5.41, 5.74) is 2.79. The van der Waals surface area contributed by atoms with Gasteiger partial charge >= 0.3 is 6.09 Å². The van der Waals surface area contributed by atoms with Crippen molar-refractivity contribution >= 4 is 55.9 Å². The van der Waals surface area contributed by atoms with Crippen molar-refractivity contribution in [2.75, 3.05) is 23.3 Å². The normalized spacial score (nSPS) is 15.8. The van der Waals surface area contributed by atoms with Gasteiger partial charge in [0, 0.05) is 35.6 Å². The van der Waals surface area contributed by atoms with E-state index in [1.807, 2.05) is 37.3 Å². The van der Waals surface area contributed by atoms with E-state index < -0.39 is 6.09 Å². The molecule has 9 heteroatoms. The van der Waals surface area contributed by atoms with Crippen LogP contribution in [-0.2, 0) is 0 Å². The van der Waals surface area contributed by atoms with Crippen molar-refractivity contribution in [2.24, 2.45) is 0 Å². The highest BCUT2D eigenvalue weighted by Crippen LogP contribution is 2.32. The highest BCUT2D eigenvalue weighted by molar-refractivity contribution is 9.10. The summed E-state index contributed by atoms with van der Waals surface area (Å²) in [6.07, 6.45) is 3.46. The molecule has 8 nitrogen and oxygen atoms in total. The molecule has 3 aromatic rings. The number of amides is 1.